The van der Waals surface area contributed by atoms with Crippen molar-refractivity contribution in [1.29, 1.82) is 0 Å². The second-order valence-electron chi connectivity index (χ2n) is 9.83. The van der Waals surface area contributed by atoms with E-state index < -0.39 is 0 Å². The van der Waals surface area contributed by atoms with E-state index in [-0.39, 0.29) is 11.9 Å². The lowest BCUT2D eigenvalue weighted by molar-refractivity contribution is 0.0600. The first kappa shape index (κ1) is 37.6. The van der Waals surface area contributed by atoms with Gasteiger partial charge in [0, 0.05) is 29.4 Å². The number of methoxy groups -OCH3 is 1. The zero-order valence-electron chi connectivity index (χ0n) is 27.7. The van der Waals surface area contributed by atoms with Gasteiger partial charge in [-0.05, 0) is 111 Å². The molecule has 1 aliphatic rings. The van der Waals surface area contributed by atoms with Crippen molar-refractivity contribution in [2.45, 2.75) is 47.5 Å². The summed E-state index contributed by atoms with van der Waals surface area (Å²) in [6, 6.07) is 21.0. The highest BCUT2D eigenvalue weighted by Crippen LogP contribution is 2.25. The van der Waals surface area contributed by atoms with Crippen LogP contribution in [0.4, 0.5) is 0 Å². The lowest BCUT2D eigenvalue weighted by Crippen LogP contribution is -2.34. The van der Waals surface area contributed by atoms with Crippen molar-refractivity contribution in [3.63, 3.8) is 0 Å². The molecule has 9 heteroatoms. The molecule has 4 rings (SSSR count). The van der Waals surface area contributed by atoms with Crippen LogP contribution in [0.5, 0.6) is 17.2 Å². The normalized spacial score (nSPS) is 13.2. The molecule has 0 atom stereocenters. The smallest absolute Gasteiger partial charge is 0.337 e. The van der Waals surface area contributed by atoms with Gasteiger partial charge in [-0.25, -0.2) is 9.79 Å². The number of amides is 1. The third-order valence-electron chi connectivity index (χ3n) is 6.80. The van der Waals surface area contributed by atoms with Gasteiger partial charge >= 0.3 is 5.97 Å². The minimum Gasteiger partial charge on any atom is -0.493 e. The minimum absolute atomic E-state index is 0.221. The van der Waals surface area contributed by atoms with Gasteiger partial charge in [-0.2, -0.15) is 0 Å². The Labute approximate surface area is 278 Å². The number of esters is 1. The van der Waals surface area contributed by atoms with Crippen LogP contribution < -0.4 is 14.8 Å². The zero-order valence-corrected chi connectivity index (χ0v) is 28.5. The Morgan fingerprint density at radius 1 is 0.913 bits per heavy atom. The van der Waals surface area contributed by atoms with Gasteiger partial charge in [0.05, 0.1) is 19.3 Å². The monoisotopic (exact) mass is 647 g/mol. The summed E-state index contributed by atoms with van der Waals surface area (Å²) in [5.41, 5.74) is 1.66. The van der Waals surface area contributed by atoms with Crippen LogP contribution in [0.3, 0.4) is 0 Å². The molecule has 0 saturated carbocycles. The summed E-state index contributed by atoms with van der Waals surface area (Å²) in [5, 5.41) is 3.54. The molecule has 1 heterocycles. The second kappa shape index (κ2) is 20.5. The van der Waals surface area contributed by atoms with E-state index in [1.807, 2.05) is 52.8 Å². The van der Waals surface area contributed by atoms with E-state index in [2.05, 4.69) is 21.9 Å². The summed E-state index contributed by atoms with van der Waals surface area (Å²) in [6.45, 7) is 15.7. The Kier molecular flexibility index (Phi) is 16.7. The SMILES string of the molecule is C=N/C(=C\C=C(/C)NC(=O)c1ccc(Oc2ccc(Cl)cc2)cc1)N1CCC(COc2cccc(C(=O)OC)c2)CC1.CC.CC. The van der Waals surface area contributed by atoms with Gasteiger partial charge < -0.3 is 24.4 Å². The summed E-state index contributed by atoms with van der Waals surface area (Å²) in [5.74, 6) is 2.46. The molecule has 1 N–H and O–H groups in total. The number of nitrogens with zero attached hydrogens (tertiary/aromatic N) is 2. The molecule has 0 aliphatic carbocycles. The summed E-state index contributed by atoms with van der Waals surface area (Å²) in [4.78, 5) is 30.9. The van der Waals surface area contributed by atoms with Gasteiger partial charge in [0.25, 0.3) is 5.91 Å². The van der Waals surface area contributed by atoms with Crippen molar-refractivity contribution in [2.75, 3.05) is 26.8 Å². The summed E-state index contributed by atoms with van der Waals surface area (Å²) in [6.07, 6.45) is 5.55. The standard InChI is InChI=1S/C33H34ClN3O5.2C2H6/c1-23(36-32(38)25-8-12-28(13-9-25)42-29-14-10-27(34)11-15-29)7-16-31(35-2)37-19-17-24(18-20-37)22-41-30-6-4-5-26(21-30)33(39)40-3;2*1-2/h4-16,21,24H,2,17-20,22H2,1,3H3,(H,36,38);2*1-2H3/b23-7+,31-16+;;. The van der Waals surface area contributed by atoms with Gasteiger partial charge in [0.15, 0.2) is 0 Å². The highest BCUT2D eigenvalue weighted by molar-refractivity contribution is 6.30. The van der Waals surface area contributed by atoms with Crippen molar-refractivity contribution in [1.82, 2.24) is 10.2 Å². The van der Waals surface area contributed by atoms with E-state index in [0.717, 1.165) is 31.8 Å². The molecule has 1 aliphatic heterocycles. The summed E-state index contributed by atoms with van der Waals surface area (Å²) in [7, 11) is 1.36. The lowest BCUT2D eigenvalue weighted by Gasteiger charge is -2.33. The third-order valence-corrected chi connectivity index (χ3v) is 7.05. The molecule has 3 aromatic carbocycles. The fourth-order valence-electron chi connectivity index (χ4n) is 4.44. The van der Waals surface area contributed by atoms with Crippen LogP contribution in [-0.4, -0.2) is 50.3 Å². The van der Waals surface area contributed by atoms with Crippen molar-refractivity contribution in [2.24, 2.45) is 10.9 Å². The zero-order chi connectivity index (χ0) is 33.9. The largest absolute Gasteiger partial charge is 0.493 e. The third kappa shape index (κ3) is 12.1. The number of likely N-dealkylation sites (tertiary alicyclic amines) is 1. The number of allylic oxidation sites excluding steroid dienone is 3. The van der Waals surface area contributed by atoms with Gasteiger partial charge in [0.1, 0.15) is 23.1 Å². The van der Waals surface area contributed by atoms with E-state index in [1.165, 1.54) is 7.11 Å². The number of nitrogens with one attached hydrogen (secondary N) is 1. The molecular formula is C37H46ClN3O5. The quantitative estimate of drug-likeness (QED) is 0.127. The molecule has 8 nitrogen and oxygen atoms in total. The Balaban J connectivity index is 0.00000177. The molecule has 1 saturated heterocycles. The van der Waals surface area contributed by atoms with E-state index in [4.69, 9.17) is 25.8 Å². The number of rotatable bonds is 11. The second-order valence-corrected chi connectivity index (χ2v) is 10.3. The number of ether oxygens (including phenoxy) is 3. The average Bonchev–Trinajstić information content (AvgIpc) is 3.11. The Hall–Kier alpha value is -4.56. The molecule has 0 radical (unpaired) electrons. The lowest BCUT2D eigenvalue weighted by atomic mass is 9.98. The highest BCUT2D eigenvalue weighted by atomic mass is 35.5. The van der Waals surface area contributed by atoms with Gasteiger partial charge in [-0.1, -0.05) is 45.4 Å². The predicted octanol–water partition coefficient (Wildman–Crippen LogP) is 8.94. The molecule has 1 fully saturated rings. The van der Waals surface area contributed by atoms with E-state index in [9.17, 15) is 9.59 Å². The van der Waals surface area contributed by atoms with E-state index >= 15 is 0 Å². The maximum atomic E-state index is 12.7. The number of piperidine rings is 1. The minimum atomic E-state index is -0.385. The Bertz CT molecular complexity index is 1440. The maximum Gasteiger partial charge on any atom is 0.337 e. The number of benzene rings is 3. The molecule has 246 valence electrons. The van der Waals surface area contributed by atoms with Crippen LogP contribution >= 0.6 is 11.6 Å². The first-order chi connectivity index (χ1) is 22.3. The van der Waals surface area contributed by atoms with Crippen LogP contribution in [0.2, 0.25) is 5.02 Å². The van der Waals surface area contributed by atoms with Crippen LogP contribution in [-0.2, 0) is 4.74 Å². The Morgan fingerprint density at radius 2 is 1.52 bits per heavy atom. The topological polar surface area (TPSA) is 89.5 Å². The molecular weight excluding hydrogens is 602 g/mol. The number of halogens is 1. The van der Waals surface area contributed by atoms with Gasteiger partial charge in [0.2, 0.25) is 0 Å². The molecule has 0 spiro atoms. The van der Waals surface area contributed by atoms with Crippen molar-refractivity contribution >= 4 is 30.2 Å². The van der Waals surface area contributed by atoms with Crippen LogP contribution in [0.15, 0.2) is 101 Å². The summed E-state index contributed by atoms with van der Waals surface area (Å²) >= 11 is 5.91. The van der Waals surface area contributed by atoms with Gasteiger partial charge in [-0.15, -0.1) is 0 Å². The predicted molar refractivity (Wildman–Crippen MR) is 187 cm³/mol. The molecule has 3 aromatic rings. The first-order valence-corrected chi connectivity index (χ1v) is 16.0. The fraction of sp³-hybridized carbons (Fsp3) is 0.324. The maximum absolute atomic E-state index is 12.7. The molecule has 0 unspecified atom stereocenters. The summed E-state index contributed by atoms with van der Waals surface area (Å²) < 4.78 is 16.5. The van der Waals surface area contributed by atoms with Crippen molar-refractivity contribution in [3.8, 4) is 17.2 Å². The van der Waals surface area contributed by atoms with Crippen molar-refractivity contribution < 1.29 is 23.8 Å². The van der Waals surface area contributed by atoms with Gasteiger partial charge in [-0.3, -0.25) is 4.79 Å². The molecule has 0 bridgehead atoms. The Morgan fingerprint density at radius 3 is 2.11 bits per heavy atom. The molecule has 46 heavy (non-hydrogen) atoms. The first-order valence-electron chi connectivity index (χ1n) is 15.6. The number of aliphatic imine (C=N–C) groups is 1. The van der Waals surface area contributed by atoms with Crippen LogP contribution in [0.1, 0.15) is 68.2 Å². The van der Waals surface area contributed by atoms with E-state index in [1.54, 1.807) is 66.7 Å². The number of carbonyl (C=O) groups excluding carboxylic acids is 2. The number of carbonyl (C=O) groups is 2. The number of hydrogen-bond donors (Lipinski definition) is 1. The van der Waals surface area contributed by atoms with E-state index in [0.29, 0.717) is 51.6 Å². The van der Waals surface area contributed by atoms with Crippen LogP contribution in [0, 0.1) is 5.92 Å². The fourth-order valence-corrected chi connectivity index (χ4v) is 4.56. The highest BCUT2D eigenvalue weighted by Gasteiger charge is 2.21. The molecule has 1 amide bonds. The average molecular weight is 648 g/mol. The molecule has 0 aromatic heterocycles. The van der Waals surface area contributed by atoms with Crippen molar-refractivity contribution in [3.05, 3.63) is 113 Å². The van der Waals surface area contributed by atoms with Crippen LogP contribution in [0.25, 0.3) is 0 Å². The number of hydrogen-bond acceptors (Lipinski definition) is 7.